The van der Waals surface area contributed by atoms with E-state index in [4.69, 9.17) is 0 Å². The van der Waals surface area contributed by atoms with Gasteiger partial charge in [0.05, 0.1) is 11.4 Å². The third kappa shape index (κ3) is 1.89. The van der Waals surface area contributed by atoms with E-state index >= 15 is 0 Å². The average molecular weight is 255 g/mol. The summed E-state index contributed by atoms with van der Waals surface area (Å²) in [4.78, 5) is 25.7. The van der Waals surface area contributed by atoms with E-state index in [1.807, 2.05) is 37.5 Å². The van der Waals surface area contributed by atoms with Crippen LogP contribution >= 0.6 is 0 Å². The molecule has 0 spiro atoms. The maximum Gasteiger partial charge on any atom is 0.275 e. The highest BCUT2D eigenvalue weighted by molar-refractivity contribution is 6.14. The Morgan fingerprint density at radius 3 is 2.74 bits per heavy atom. The minimum absolute atomic E-state index is 0.0427. The second kappa shape index (κ2) is 4.28. The van der Waals surface area contributed by atoms with Crippen LogP contribution in [0, 0.1) is 0 Å². The number of benzene rings is 1. The van der Waals surface area contributed by atoms with Gasteiger partial charge in [-0.2, -0.15) is 0 Å². The van der Waals surface area contributed by atoms with Crippen molar-refractivity contribution in [3.8, 4) is 0 Å². The highest BCUT2D eigenvalue weighted by atomic mass is 16.2. The van der Waals surface area contributed by atoms with Crippen molar-refractivity contribution in [3.05, 3.63) is 48.3 Å². The van der Waals surface area contributed by atoms with Crippen LogP contribution in [0.1, 0.15) is 10.5 Å². The Morgan fingerprint density at radius 1 is 1.21 bits per heavy atom. The molecule has 96 valence electrons. The Hall–Kier alpha value is -2.56. The fraction of sp³-hybridized carbons (Fsp3) is 0.143. The lowest BCUT2D eigenvalue weighted by molar-refractivity contribution is -0.115. The van der Waals surface area contributed by atoms with Gasteiger partial charge in [0.2, 0.25) is 5.91 Å². The zero-order valence-electron chi connectivity index (χ0n) is 10.5. The van der Waals surface area contributed by atoms with E-state index in [0.29, 0.717) is 11.4 Å². The fourth-order valence-electron chi connectivity index (χ4n) is 2.24. The molecule has 0 aliphatic carbocycles. The summed E-state index contributed by atoms with van der Waals surface area (Å²) in [6, 6.07) is 10.9. The number of nitrogens with zero attached hydrogens (tertiary/aromatic N) is 2. The van der Waals surface area contributed by atoms with Crippen LogP contribution < -0.4 is 10.2 Å². The Morgan fingerprint density at radius 2 is 2.00 bits per heavy atom. The molecule has 1 aromatic heterocycles. The molecule has 1 N–H and O–H groups in total. The molecule has 0 saturated carbocycles. The summed E-state index contributed by atoms with van der Waals surface area (Å²) in [5.41, 5.74) is 1.96. The Bertz CT molecular complexity index is 660. The van der Waals surface area contributed by atoms with Gasteiger partial charge in [0, 0.05) is 13.2 Å². The number of anilines is 2. The second-order valence-electron chi connectivity index (χ2n) is 4.46. The number of para-hydroxylation sites is 2. The molecule has 0 saturated heterocycles. The first-order valence-electron chi connectivity index (χ1n) is 5.99. The normalized spacial score (nSPS) is 13.9. The number of hydrogen-bond acceptors (Lipinski definition) is 2. The molecule has 5 nitrogen and oxygen atoms in total. The first kappa shape index (κ1) is 11.5. The zero-order valence-corrected chi connectivity index (χ0v) is 10.5. The van der Waals surface area contributed by atoms with Crippen molar-refractivity contribution in [1.82, 2.24) is 4.57 Å². The number of aryl methyl sites for hydroxylation is 1. The largest absolute Gasteiger partial charge is 0.347 e. The number of rotatable bonds is 1. The van der Waals surface area contributed by atoms with Gasteiger partial charge in [0.15, 0.2) is 0 Å². The number of fused-ring (bicyclic) bond motifs is 1. The molecule has 2 amide bonds. The van der Waals surface area contributed by atoms with Gasteiger partial charge in [0.1, 0.15) is 12.2 Å². The van der Waals surface area contributed by atoms with Gasteiger partial charge in [0.25, 0.3) is 5.91 Å². The number of amides is 2. The van der Waals surface area contributed by atoms with Crippen molar-refractivity contribution in [3.63, 3.8) is 0 Å². The number of hydrogen-bond donors (Lipinski definition) is 1. The zero-order chi connectivity index (χ0) is 13.4. The van der Waals surface area contributed by atoms with Gasteiger partial charge < -0.3 is 9.88 Å². The van der Waals surface area contributed by atoms with E-state index in [-0.39, 0.29) is 18.4 Å². The van der Waals surface area contributed by atoms with Crippen molar-refractivity contribution >= 4 is 23.2 Å². The van der Waals surface area contributed by atoms with Gasteiger partial charge in [-0.05, 0) is 24.3 Å². The average Bonchev–Trinajstić information content (AvgIpc) is 2.83. The highest BCUT2D eigenvalue weighted by Gasteiger charge is 2.28. The molecule has 19 heavy (non-hydrogen) atoms. The van der Waals surface area contributed by atoms with E-state index in [1.165, 1.54) is 4.90 Å². The second-order valence-corrected chi connectivity index (χ2v) is 4.46. The topological polar surface area (TPSA) is 54.3 Å². The molecule has 5 heteroatoms. The molecule has 0 atom stereocenters. The molecule has 0 fully saturated rings. The van der Waals surface area contributed by atoms with Gasteiger partial charge in [-0.25, -0.2) is 0 Å². The van der Waals surface area contributed by atoms with Crippen molar-refractivity contribution in [2.24, 2.45) is 7.05 Å². The number of nitrogens with one attached hydrogen (secondary N) is 1. The monoisotopic (exact) mass is 255 g/mol. The summed E-state index contributed by atoms with van der Waals surface area (Å²) in [6.45, 7) is 0.0427. The van der Waals surface area contributed by atoms with Crippen LogP contribution in [0.4, 0.5) is 11.4 Å². The van der Waals surface area contributed by atoms with E-state index in [2.05, 4.69) is 5.32 Å². The van der Waals surface area contributed by atoms with Gasteiger partial charge in [-0.1, -0.05) is 12.1 Å². The fourth-order valence-corrected chi connectivity index (χ4v) is 2.24. The standard InChI is InChI=1S/C14H13N3O2/c1-16-8-4-7-12(16)14(19)17-9-13(18)15-10-5-2-3-6-11(10)17/h2-8H,9H2,1H3,(H,15,18). The molecule has 1 aliphatic rings. The molecule has 2 aromatic rings. The van der Waals surface area contributed by atoms with Crippen LogP contribution in [0.2, 0.25) is 0 Å². The maximum atomic E-state index is 12.5. The van der Waals surface area contributed by atoms with Gasteiger partial charge in [-0.15, -0.1) is 0 Å². The van der Waals surface area contributed by atoms with E-state index in [0.717, 1.165) is 5.69 Å². The summed E-state index contributed by atoms with van der Waals surface area (Å²) in [5.74, 6) is -0.351. The SMILES string of the molecule is Cn1cccc1C(=O)N1CC(=O)Nc2ccccc21. The lowest BCUT2D eigenvalue weighted by atomic mass is 10.2. The minimum atomic E-state index is -0.179. The van der Waals surface area contributed by atoms with E-state index in [9.17, 15) is 9.59 Å². The summed E-state index contributed by atoms with van der Waals surface area (Å²) >= 11 is 0. The molecule has 0 radical (unpaired) electrons. The van der Waals surface area contributed by atoms with Crippen LogP contribution in [0.25, 0.3) is 0 Å². The third-order valence-corrected chi connectivity index (χ3v) is 3.18. The molecule has 0 unspecified atom stereocenters. The highest BCUT2D eigenvalue weighted by Crippen LogP contribution is 2.29. The number of aromatic nitrogens is 1. The quantitative estimate of drug-likeness (QED) is 0.842. The summed E-state index contributed by atoms with van der Waals surface area (Å²) < 4.78 is 1.75. The predicted octanol–water partition coefficient (Wildman–Crippen LogP) is 1.62. The van der Waals surface area contributed by atoms with Crippen LogP contribution in [-0.4, -0.2) is 22.9 Å². The lowest BCUT2D eigenvalue weighted by Gasteiger charge is -2.29. The van der Waals surface area contributed by atoms with Crippen LogP contribution in [0.3, 0.4) is 0 Å². The van der Waals surface area contributed by atoms with Crippen molar-refractivity contribution in [1.29, 1.82) is 0 Å². The van der Waals surface area contributed by atoms with Crippen molar-refractivity contribution in [2.75, 3.05) is 16.8 Å². The molecular weight excluding hydrogens is 242 g/mol. The smallest absolute Gasteiger partial charge is 0.275 e. The van der Waals surface area contributed by atoms with Gasteiger partial charge in [-0.3, -0.25) is 14.5 Å². The van der Waals surface area contributed by atoms with Crippen molar-refractivity contribution < 1.29 is 9.59 Å². The minimum Gasteiger partial charge on any atom is -0.347 e. The predicted molar refractivity (Wildman–Crippen MR) is 72.2 cm³/mol. The van der Waals surface area contributed by atoms with Crippen LogP contribution in [-0.2, 0) is 11.8 Å². The molecule has 1 aliphatic heterocycles. The molecular formula is C14H13N3O2. The summed E-state index contributed by atoms with van der Waals surface area (Å²) in [7, 11) is 1.81. The Labute approximate surface area is 110 Å². The van der Waals surface area contributed by atoms with Crippen molar-refractivity contribution in [2.45, 2.75) is 0 Å². The van der Waals surface area contributed by atoms with E-state index in [1.54, 1.807) is 16.7 Å². The number of carbonyl (C=O) groups excluding carboxylic acids is 2. The molecule has 2 heterocycles. The molecule has 1 aromatic carbocycles. The third-order valence-electron chi connectivity index (χ3n) is 3.18. The Balaban J connectivity index is 2.04. The lowest BCUT2D eigenvalue weighted by Crippen LogP contribution is -2.42. The Kier molecular flexibility index (Phi) is 2.59. The summed E-state index contributed by atoms with van der Waals surface area (Å²) in [5, 5.41) is 2.77. The summed E-state index contributed by atoms with van der Waals surface area (Å²) in [6.07, 6.45) is 1.81. The molecule has 0 bridgehead atoms. The van der Waals surface area contributed by atoms with E-state index < -0.39 is 0 Å². The first-order chi connectivity index (χ1) is 9.16. The first-order valence-corrected chi connectivity index (χ1v) is 5.99. The maximum absolute atomic E-state index is 12.5. The molecule has 3 rings (SSSR count). The van der Waals surface area contributed by atoms with Gasteiger partial charge >= 0.3 is 0 Å². The van der Waals surface area contributed by atoms with Crippen LogP contribution in [0.15, 0.2) is 42.6 Å². The number of carbonyl (C=O) groups is 2. The van der Waals surface area contributed by atoms with Crippen LogP contribution in [0.5, 0.6) is 0 Å².